The minimum Gasteiger partial charge on any atom is -1.00 e. The number of benzene rings is 1. The van der Waals surface area contributed by atoms with Crippen molar-refractivity contribution >= 4 is 14.0 Å². The van der Waals surface area contributed by atoms with Gasteiger partial charge in [-0.05, 0) is 0 Å². The molecule has 1 atom stereocenters. The smallest absolute Gasteiger partial charge is 1.00 e. The van der Waals surface area contributed by atoms with Crippen LogP contribution in [0.25, 0.3) is 6.08 Å². The molecule has 0 saturated heterocycles. The van der Waals surface area contributed by atoms with E-state index in [1.165, 1.54) is 70.6 Å². The molecule has 1 aromatic carbocycles. The van der Waals surface area contributed by atoms with Gasteiger partial charge >= 0.3 is 185 Å². The molecule has 0 aromatic heterocycles. The first-order valence-corrected chi connectivity index (χ1v) is 15.7. The van der Waals surface area contributed by atoms with E-state index in [2.05, 4.69) is 48.6 Å². The maximum absolute atomic E-state index is 2.72. The van der Waals surface area contributed by atoms with Crippen LogP contribution < -0.4 is 24.8 Å². The molecule has 0 heterocycles. The molecule has 4 aliphatic rings. The minimum absolute atomic E-state index is 0. The molecule has 4 heteroatoms. The SMILES string of the molecule is C1=CC[C]([Zr+2][CH]2C(P(C3CCCCC3)C3CCCCC3)=Cc3ccccc32)=C1.[Cl-].[Cl-]. The zero-order valence-corrected chi connectivity index (χ0v) is 22.7. The molecule has 160 valence electrons. The molecule has 0 aliphatic heterocycles. The average Bonchev–Trinajstić information content (AvgIpc) is 3.39. The predicted octanol–water partition coefficient (Wildman–Crippen LogP) is 2.16. The zero-order chi connectivity index (χ0) is 18.8. The second-order valence-electron chi connectivity index (χ2n) is 9.09. The van der Waals surface area contributed by atoms with Crippen LogP contribution in [0.2, 0.25) is 0 Å². The largest absolute Gasteiger partial charge is 1.00 e. The number of hydrogen-bond donors (Lipinski definition) is 0. The Hall–Kier alpha value is 0.333. The standard InChI is InChI=1S/C21H28P.C5H5.2ClH.Zr/c1-3-11-19(12-4-1)22(20-13-5-2-6-14-20)21-15-17-9-7-8-10-18(17)16-21;1-2-4-5-3-1;;;/h7-10,15-16,19-20H,1-6,11-14H2;1-3H,4H2;2*1H;/q;;;;+2/p-2. The zero-order valence-electron chi connectivity index (χ0n) is 17.8. The Labute approximate surface area is 208 Å². The van der Waals surface area contributed by atoms with Gasteiger partial charge in [-0.25, -0.2) is 0 Å². The Morgan fingerprint density at radius 1 is 0.800 bits per heavy atom. The van der Waals surface area contributed by atoms with Gasteiger partial charge in [-0.2, -0.15) is 0 Å². The molecule has 2 saturated carbocycles. The summed E-state index contributed by atoms with van der Waals surface area (Å²) in [5.41, 5.74) is 5.35. The van der Waals surface area contributed by atoms with Crippen LogP contribution >= 0.6 is 7.92 Å². The van der Waals surface area contributed by atoms with Crippen molar-refractivity contribution in [1.29, 1.82) is 0 Å². The molecule has 0 N–H and O–H groups in total. The van der Waals surface area contributed by atoms with Crippen LogP contribution in [0, 0.1) is 0 Å². The third kappa shape index (κ3) is 5.45. The van der Waals surface area contributed by atoms with Gasteiger partial charge in [-0.1, -0.05) is 0 Å². The second kappa shape index (κ2) is 12.0. The van der Waals surface area contributed by atoms with Crippen LogP contribution in [0.3, 0.4) is 0 Å². The topological polar surface area (TPSA) is 0 Å². The first-order chi connectivity index (χ1) is 13.9. The van der Waals surface area contributed by atoms with Crippen molar-refractivity contribution in [2.24, 2.45) is 0 Å². The van der Waals surface area contributed by atoms with Crippen molar-refractivity contribution in [3.05, 3.63) is 62.2 Å². The molecule has 0 amide bonds. The van der Waals surface area contributed by atoms with Crippen molar-refractivity contribution < 1.29 is 48.0 Å². The van der Waals surface area contributed by atoms with Crippen molar-refractivity contribution in [1.82, 2.24) is 0 Å². The van der Waals surface area contributed by atoms with E-state index >= 15 is 0 Å². The molecule has 2 fully saturated rings. The van der Waals surface area contributed by atoms with Gasteiger partial charge in [0.1, 0.15) is 0 Å². The number of rotatable bonds is 5. The van der Waals surface area contributed by atoms with E-state index in [0.717, 1.165) is 14.9 Å². The summed E-state index contributed by atoms with van der Waals surface area (Å²) in [6.45, 7) is 0. The Balaban J connectivity index is 0.00000128. The first kappa shape index (κ1) is 25.0. The number of hydrogen-bond acceptors (Lipinski definition) is 0. The van der Waals surface area contributed by atoms with Crippen LogP contribution in [-0.2, 0) is 23.2 Å². The Morgan fingerprint density at radius 3 is 2.03 bits per heavy atom. The monoisotopic (exact) mass is 536 g/mol. The summed E-state index contributed by atoms with van der Waals surface area (Å²) in [4.78, 5) is 0. The van der Waals surface area contributed by atoms with Gasteiger partial charge in [0, 0.05) is 0 Å². The van der Waals surface area contributed by atoms with Crippen LogP contribution in [0.1, 0.15) is 85.4 Å². The predicted molar refractivity (Wildman–Crippen MR) is 120 cm³/mol. The fourth-order valence-electron chi connectivity index (χ4n) is 5.86. The maximum Gasteiger partial charge on any atom is -1.00 e. The quantitative estimate of drug-likeness (QED) is 0.505. The van der Waals surface area contributed by atoms with E-state index in [-0.39, 0.29) is 32.7 Å². The van der Waals surface area contributed by atoms with Gasteiger partial charge < -0.3 is 24.8 Å². The molecule has 30 heavy (non-hydrogen) atoms. The van der Waals surface area contributed by atoms with E-state index < -0.39 is 23.2 Å². The maximum atomic E-state index is 2.72. The number of halogens is 2. The fraction of sp³-hybridized carbons (Fsp3) is 0.538. The number of allylic oxidation sites excluding steroid dienone is 5. The summed E-state index contributed by atoms with van der Waals surface area (Å²) in [5, 5.41) is 1.97. The van der Waals surface area contributed by atoms with Crippen molar-refractivity contribution in [2.75, 3.05) is 0 Å². The summed E-state index contributed by atoms with van der Waals surface area (Å²) >= 11 is -0.599. The molecule has 0 spiro atoms. The molecule has 5 rings (SSSR count). The molecule has 0 bridgehead atoms. The van der Waals surface area contributed by atoms with Gasteiger partial charge in [0.2, 0.25) is 0 Å². The third-order valence-corrected chi connectivity index (χ3v) is 15.5. The normalized spacial score (nSPS) is 23.8. The van der Waals surface area contributed by atoms with Crippen LogP contribution in [-0.4, -0.2) is 11.3 Å². The Kier molecular flexibility index (Phi) is 9.97. The number of fused-ring (bicyclic) bond motifs is 1. The molecule has 4 aliphatic carbocycles. The van der Waals surface area contributed by atoms with E-state index in [4.69, 9.17) is 0 Å². The third-order valence-electron chi connectivity index (χ3n) is 7.24. The van der Waals surface area contributed by atoms with E-state index in [9.17, 15) is 0 Å². The molecule has 1 aromatic rings. The van der Waals surface area contributed by atoms with E-state index in [0.29, 0.717) is 0 Å². The molecule has 1 unspecified atom stereocenters. The van der Waals surface area contributed by atoms with Crippen molar-refractivity contribution in [3.8, 4) is 0 Å². The van der Waals surface area contributed by atoms with Gasteiger partial charge in [0.25, 0.3) is 0 Å². The van der Waals surface area contributed by atoms with Crippen LogP contribution in [0.4, 0.5) is 0 Å². The van der Waals surface area contributed by atoms with E-state index in [1.54, 1.807) is 11.1 Å². The second-order valence-corrected chi connectivity index (χ2v) is 15.6. The summed E-state index contributed by atoms with van der Waals surface area (Å²) in [5.74, 6) is 0. The molecular weight excluding hydrogens is 505 g/mol. The van der Waals surface area contributed by atoms with Crippen LogP contribution in [0.15, 0.2) is 51.1 Å². The van der Waals surface area contributed by atoms with Crippen molar-refractivity contribution in [3.63, 3.8) is 0 Å². The minimum atomic E-state index is -0.599. The molecule has 0 nitrogen and oxygen atoms in total. The summed E-state index contributed by atoms with van der Waals surface area (Å²) in [6, 6.07) is 9.45. The van der Waals surface area contributed by atoms with Gasteiger partial charge in [0.15, 0.2) is 0 Å². The fourth-order valence-corrected chi connectivity index (χ4v) is 14.9. The summed E-state index contributed by atoms with van der Waals surface area (Å²) < 4.78 is 2.65. The Morgan fingerprint density at radius 2 is 1.43 bits per heavy atom. The first-order valence-electron chi connectivity index (χ1n) is 11.6. The van der Waals surface area contributed by atoms with Crippen LogP contribution in [0.5, 0.6) is 0 Å². The van der Waals surface area contributed by atoms with Crippen molar-refractivity contribution in [2.45, 2.75) is 85.6 Å². The van der Waals surface area contributed by atoms with Gasteiger partial charge in [-0.3, -0.25) is 0 Å². The molecule has 0 radical (unpaired) electrons. The van der Waals surface area contributed by atoms with Gasteiger partial charge in [0.05, 0.1) is 0 Å². The summed E-state index contributed by atoms with van der Waals surface area (Å²) in [7, 11) is 0.0520. The van der Waals surface area contributed by atoms with Gasteiger partial charge in [-0.15, -0.1) is 0 Å². The average molecular weight is 539 g/mol. The Bertz CT molecular complexity index is 770. The van der Waals surface area contributed by atoms with E-state index in [1.807, 2.05) is 8.60 Å². The summed E-state index contributed by atoms with van der Waals surface area (Å²) in [6.07, 6.45) is 26.2. The molecular formula is C26H33Cl2PZr.